The van der Waals surface area contributed by atoms with Crippen LogP contribution in [0.4, 0.5) is 0 Å². The Morgan fingerprint density at radius 2 is 2.20 bits per heavy atom. The Bertz CT molecular complexity index is 951. The van der Waals surface area contributed by atoms with Crippen LogP contribution in [0.1, 0.15) is 28.2 Å². The Kier molecular flexibility index (Phi) is 4.09. The second kappa shape index (κ2) is 6.41. The molecule has 0 aliphatic carbocycles. The van der Waals surface area contributed by atoms with Crippen LogP contribution in [0.5, 0.6) is 5.75 Å². The lowest BCUT2D eigenvalue weighted by atomic mass is 10.0. The molecule has 0 fully saturated rings. The predicted molar refractivity (Wildman–Crippen MR) is 97.2 cm³/mol. The van der Waals surface area contributed by atoms with Gasteiger partial charge in [0.1, 0.15) is 11.6 Å². The van der Waals surface area contributed by atoms with Crippen LogP contribution in [0.2, 0.25) is 5.02 Å². The second-order valence-corrected chi connectivity index (χ2v) is 6.72. The number of rotatable bonds is 3. The zero-order valence-electron chi connectivity index (χ0n) is 13.9. The highest BCUT2D eigenvalue weighted by atomic mass is 35.5. The van der Waals surface area contributed by atoms with Crippen molar-refractivity contribution in [2.75, 3.05) is 13.7 Å². The number of fused-ring (bicyclic) bond motifs is 2. The predicted octanol–water partition coefficient (Wildman–Crippen LogP) is 3.81. The second-order valence-electron chi connectivity index (χ2n) is 6.28. The van der Waals surface area contributed by atoms with Crippen molar-refractivity contribution in [1.29, 1.82) is 0 Å². The van der Waals surface area contributed by atoms with Crippen molar-refractivity contribution >= 4 is 28.5 Å². The monoisotopic (exact) mass is 355 g/mol. The van der Waals surface area contributed by atoms with Crippen molar-refractivity contribution in [2.24, 2.45) is 0 Å². The van der Waals surface area contributed by atoms with Crippen LogP contribution < -0.4 is 4.74 Å². The normalized spacial score (nSPS) is 13.4. The Morgan fingerprint density at radius 1 is 1.32 bits per heavy atom. The fraction of sp³-hybridized carbons (Fsp3) is 0.263. The lowest BCUT2D eigenvalue weighted by Crippen LogP contribution is -2.27. The molecule has 3 aromatic rings. The molecule has 2 heterocycles. The third kappa shape index (κ3) is 3.20. The topological polar surface area (TPSA) is 58.2 Å². The maximum atomic E-state index is 12.7. The minimum absolute atomic E-state index is 0.0353. The van der Waals surface area contributed by atoms with E-state index in [0.29, 0.717) is 17.1 Å². The fourth-order valence-electron chi connectivity index (χ4n) is 3.12. The van der Waals surface area contributed by atoms with Crippen molar-refractivity contribution < 1.29 is 9.53 Å². The number of nitrogens with one attached hydrogen (secondary N) is 1. The first-order valence-electron chi connectivity index (χ1n) is 8.25. The molecule has 1 aromatic heterocycles. The van der Waals surface area contributed by atoms with E-state index in [4.69, 9.17) is 16.3 Å². The molecule has 0 spiro atoms. The summed E-state index contributed by atoms with van der Waals surface area (Å²) in [5.41, 5.74) is 3.48. The van der Waals surface area contributed by atoms with Gasteiger partial charge in [0.05, 0.1) is 24.2 Å². The highest BCUT2D eigenvalue weighted by molar-refractivity contribution is 6.31. The molecule has 0 unspecified atom stereocenters. The van der Waals surface area contributed by atoms with Crippen molar-refractivity contribution in [3.05, 3.63) is 58.4 Å². The summed E-state index contributed by atoms with van der Waals surface area (Å²) in [5.74, 6) is 1.58. The number of imidazole rings is 1. The van der Waals surface area contributed by atoms with Gasteiger partial charge >= 0.3 is 0 Å². The summed E-state index contributed by atoms with van der Waals surface area (Å²) in [5, 5.41) is 0.656. The van der Waals surface area contributed by atoms with Crippen LogP contribution >= 0.6 is 11.6 Å². The first-order valence-corrected chi connectivity index (χ1v) is 8.63. The number of hydrogen-bond donors (Lipinski definition) is 1. The Balaban J connectivity index is 1.53. The number of carbonyl (C=O) groups excluding carboxylic acids is 1. The van der Waals surface area contributed by atoms with E-state index >= 15 is 0 Å². The van der Waals surface area contributed by atoms with Gasteiger partial charge in [-0.3, -0.25) is 4.79 Å². The van der Waals surface area contributed by atoms with Crippen LogP contribution in [0.25, 0.3) is 11.0 Å². The zero-order valence-corrected chi connectivity index (χ0v) is 14.6. The molecule has 1 N–H and O–H groups in total. The third-order valence-corrected chi connectivity index (χ3v) is 4.62. The Morgan fingerprint density at radius 3 is 3.08 bits per heavy atom. The number of ether oxygens (including phenoxy) is 1. The summed E-state index contributed by atoms with van der Waals surface area (Å²) in [6, 6.07) is 11.1. The number of hydrogen-bond acceptors (Lipinski definition) is 3. The van der Waals surface area contributed by atoms with E-state index in [2.05, 4.69) is 9.97 Å². The summed E-state index contributed by atoms with van der Waals surface area (Å²) >= 11 is 6.00. The zero-order chi connectivity index (χ0) is 17.4. The number of aromatic nitrogens is 2. The van der Waals surface area contributed by atoms with Crippen LogP contribution in [0.3, 0.4) is 0 Å². The summed E-state index contributed by atoms with van der Waals surface area (Å²) in [4.78, 5) is 22.1. The molecule has 0 bridgehead atoms. The fourth-order valence-corrected chi connectivity index (χ4v) is 3.29. The number of nitrogens with zero attached hydrogens (tertiary/aromatic N) is 2. The van der Waals surface area contributed by atoms with Crippen LogP contribution in [-0.2, 0) is 13.0 Å². The molecule has 1 aliphatic rings. The summed E-state index contributed by atoms with van der Waals surface area (Å²) in [7, 11) is 1.78. The standard InChI is InChI=1S/C19H18ClN3O2/c1-23(11-18-21-15-6-5-14(20)10-16(15)22-18)19(24)13-4-7-17-12(9-13)3-2-8-25-17/h4-7,9-10H,2-3,8,11H2,1H3,(H,21,22). The number of benzene rings is 2. The number of aromatic amines is 1. The molecule has 25 heavy (non-hydrogen) atoms. The van der Waals surface area contributed by atoms with E-state index in [1.807, 2.05) is 30.3 Å². The van der Waals surface area contributed by atoms with Crippen LogP contribution in [0.15, 0.2) is 36.4 Å². The highest BCUT2D eigenvalue weighted by Gasteiger charge is 2.17. The van der Waals surface area contributed by atoms with Crippen molar-refractivity contribution in [3.63, 3.8) is 0 Å². The number of halogens is 1. The van der Waals surface area contributed by atoms with Gasteiger partial charge < -0.3 is 14.6 Å². The molecule has 2 aromatic carbocycles. The molecule has 5 nitrogen and oxygen atoms in total. The Labute approximate surface area is 150 Å². The van der Waals surface area contributed by atoms with E-state index in [1.54, 1.807) is 18.0 Å². The molecular formula is C19H18ClN3O2. The van der Waals surface area contributed by atoms with Crippen molar-refractivity contribution in [2.45, 2.75) is 19.4 Å². The number of carbonyl (C=O) groups is 1. The maximum Gasteiger partial charge on any atom is 0.254 e. The minimum Gasteiger partial charge on any atom is -0.493 e. The average Bonchev–Trinajstić information content (AvgIpc) is 3.01. The van der Waals surface area contributed by atoms with E-state index < -0.39 is 0 Å². The van der Waals surface area contributed by atoms with Gasteiger partial charge in [-0.1, -0.05) is 11.6 Å². The molecule has 0 saturated heterocycles. The van der Waals surface area contributed by atoms with Gasteiger partial charge in [-0.2, -0.15) is 0 Å². The van der Waals surface area contributed by atoms with Gasteiger partial charge in [-0.15, -0.1) is 0 Å². The first kappa shape index (κ1) is 16.0. The highest BCUT2D eigenvalue weighted by Crippen LogP contribution is 2.26. The number of amides is 1. The quantitative estimate of drug-likeness (QED) is 0.777. The first-order chi connectivity index (χ1) is 12.1. The number of H-pyrrole nitrogens is 1. The third-order valence-electron chi connectivity index (χ3n) is 4.38. The maximum absolute atomic E-state index is 12.7. The van der Waals surface area contributed by atoms with Gasteiger partial charge in [-0.05, 0) is 54.8 Å². The van der Waals surface area contributed by atoms with Gasteiger partial charge in [0.25, 0.3) is 5.91 Å². The van der Waals surface area contributed by atoms with E-state index in [-0.39, 0.29) is 5.91 Å². The molecule has 6 heteroatoms. The molecule has 1 aliphatic heterocycles. The smallest absolute Gasteiger partial charge is 0.254 e. The van der Waals surface area contributed by atoms with Gasteiger partial charge in [0, 0.05) is 17.6 Å². The molecular weight excluding hydrogens is 338 g/mol. The number of aryl methyl sites for hydroxylation is 1. The van der Waals surface area contributed by atoms with Crippen molar-refractivity contribution in [1.82, 2.24) is 14.9 Å². The van der Waals surface area contributed by atoms with Gasteiger partial charge in [0.2, 0.25) is 0 Å². The largest absolute Gasteiger partial charge is 0.493 e. The summed E-state index contributed by atoms with van der Waals surface area (Å²) in [6.45, 7) is 1.15. The van der Waals surface area contributed by atoms with Crippen LogP contribution in [0, 0.1) is 0 Å². The molecule has 0 saturated carbocycles. The van der Waals surface area contributed by atoms with Gasteiger partial charge in [0.15, 0.2) is 0 Å². The lowest BCUT2D eigenvalue weighted by Gasteiger charge is -2.20. The van der Waals surface area contributed by atoms with E-state index in [1.165, 1.54) is 0 Å². The lowest BCUT2D eigenvalue weighted by molar-refractivity contribution is 0.0781. The van der Waals surface area contributed by atoms with Crippen molar-refractivity contribution in [3.8, 4) is 5.75 Å². The Hall–Kier alpha value is -2.53. The molecule has 0 radical (unpaired) electrons. The molecule has 4 rings (SSSR count). The minimum atomic E-state index is -0.0353. The van der Waals surface area contributed by atoms with Crippen LogP contribution in [-0.4, -0.2) is 34.4 Å². The van der Waals surface area contributed by atoms with Gasteiger partial charge in [-0.25, -0.2) is 4.98 Å². The molecule has 1 amide bonds. The van der Waals surface area contributed by atoms with E-state index in [9.17, 15) is 4.79 Å². The summed E-state index contributed by atoms with van der Waals surface area (Å²) in [6.07, 6.45) is 1.94. The molecule has 0 atom stereocenters. The van der Waals surface area contributed by atoms with E-state index in [0.717, 1.165) is 47.6 Å². The average molecular weight is 356 g/mol. The molecule has 128 valence electrons. The summed E-state index contributed by atoms with van der Waals surface area (Å²) < 4.78 is 5.61. The SMILES string of the molecule is CN(Cc1nc2ccc(Cl)cc2[nH]1)C(=O)c1ccc2c(c1)CCCO2.